The molecule has 1 aromatic carbocycles. The van der Waals surface area contributed by atoms with Crippen molar-refractivity contribution in [2.45, 2.75) is 6.54 Å². The third-order valence-corrected chi connectivity index (χ3v) is 3.35. The number of nitrogens with zero attached hydrogens (tertiary/aromatic N) is 3. The van der Waals surface area contributed by atoms with E-state index in [9.17, 15) is 14.9 Å². The zero-order valence-corrected chi connectivity index (χ0v) is 11.3. The summed E-state index contributed by atoms with van der Waals surface area (Å²) < 4.78 is 0. The number of anilines is 1. The summed E-state index contributed by atoms with van der Waals surface area (Å²) in [7, 11) is 1.66. The number of carboxylic acid groups (broad SMARTS) is 1. The summed E-state index contributed by atoms with van der Waals surface area (Å²) in [6.45, 7) is 0.368. The fourth-order valence-electron chi connectivity index (χ4n) is 1.76. The highest BCUT2D eigenvalue weighted by molar-refractivity contribution is 7.07. The standard InChI is InChI=1S/C12H11N3O4S/c1-14(5-9-6-20-7-13-9)11-4-8(12(16)17)2-3-10(11)15(18)19/h2-4,6-7H,5H2,1H3,(H,16,17). The van der Waals surface area contributed by atoms with Crippen LogP contribution in [0.25, 0.3) is 0 Å². The van der Waals surface area contributed by atoms with Crippen LogP contribution in [0.15, 0.2) is 29.1 Å². The molecule has 0 fully saturated rings. The molecular weight excluding hydrogens is 282 g/mol. The second kappa shape index (κ2) is 5.66. The highest BCUT2D eigenvalue weighted by Crippen LogP contribution is 2.29. The normalized spacial score (nSPS) is 10.2. The smallest absolute Gasteiger partial charge is 0.335 e. The quantitative estimate of drug-likeness (QED) is 0.671. The topological polar surface area (TPSA) is 96.6 Å². The van der Waals surface area contributed by atoms with Crippen LogP contribution >= 0.6 is 11.3 Å². The Kier molecular flexibility index (Phi) is 3.94. The summed E-state index contributed by atoms with van der Waals surface area (Å²) >= 11 is 1.43. The summed E-state index contributed by atoms with van der Waals surface area (Å²) in [5.74, 6) is -1.12. The highest BCUT2D eigenvalue weighted by atomic mass is 32.1. The van der Waals surface area contributed by atoms with Crippen LogP contribution in [0.4, 0.5) is 11.4 Å². The molecule has 0 aliphatic heterocycles. The van der Waals surface area contributed by atoms with Gasteiger partial charge in [0.15, 0.2) is 0 Å². The summed E-state index contributed by atoms with van der Waals surface area (Å²) in [6, 6.07) is 3.73. The van der Waals surface area contributed by atoms with Gasteiger partial charge in [0.25, 0.3) is 5.69 Å². The Labute approximate surface area is 118 Å². The van der Waals surface area contributed by atoms with E-state index in [0.29, 0.717) is 6.54 Å². The Hall–Kier alpha value is -2.48. The van der Waals surface area contributed by atoms with Gasteiger partial charge in [0.1, 0.15) is 5.69 Å². The fourth-order valence-corrected chi connectivity index (χ4v) is 2.31. The molecule has 2 aromatic rings. The Bertz CT molecular complexity index is 642. The first kappa shape index (κ1) is 13.9. The average Bonchev–Trinajstić information content (AvgIpc) is 2.90. The van der Waals surface area contributed by atoms with Crippen LogP contribution in [0.1, 0.15) is 16.1 Å². The van der Waals surface area contributed by atoms with Gasteiger partial charge in [0, 0.05) is 18.5 Å². The third-order valence-electron chi connectivity index (χ3n) is 2.71. The molecule has 0 bridgehead atoms. The van der Waals surface area contributed by atoms with E-state index in [4.69, 9.17) is 5.11 Å². The van der Waals surface area contributed by atoms with Crippen molar-refractivity contribution in [3.63, 3.8) is 0 Å². The van der Waals surface area contributed by atoms with Crippen LogP contribution in [0.2, 0.25) is 0 Å². The van der Waals surface area contributed by atoms with Crippen molar-refractivity contribution in [1.82, 2.24) is 4.98 Å². The lowest BCUT2D eigenvalue weighted by atomic mass is 10.1. The molecule has 2 rings (SSSR count). The maximum Gasteiger partial charge on any atom is 0.335 e. The number of benzene rings is 1. The molecule has 1 aromatic heterocycles. The molecule has 1 N–H and O–H groups in total. The number of hydrogen-bond acceptors (Lipinski definition) is 6. The van der Waals surface area contributed by atoms with E-state index in [1.807, 2.05) is 5.38 Å². The predicted octanol–water partition coefficient (Wildman–Crippen LogP) is 2.39. The first-order valence-electron chi connectivity index (χ1n) is 5.59. The number of carboxylic acids is 1. The first-order chi connectivity index (χ1) is 9.49. The molecule has 0 saturated carbocycles. The lowest BCUT2D eigenvalue weighted by Crippen LogP contribution is -2.18. The first-order valence-corrected chi connectivity index (χ1v) is 6.53. The van der Waals surface area contributed by atoms with Gasteiger partial charge in [-0.1, -0.05) is 0 Å². The molecule has 0 unspecified atom stereocenters. The molecule has 0 amide bonds. The largest absolute Gasteiger partial charge is 0.478 e. The van der Waals surface area contributed by atoms with E-state index < -0.39 is 10.9 Å². The number of nitro benzene ring substituents is 1. The number of nitro groups is 1. The number of thiazole rings is 1. The predicted molar refractivity (Wildman–Crippen MR) is 74.3 cm³/mol. The zero-order chi connectivity index (χ0) is 14.7. The maximum absolute atomic E-state index is 11.0. The minimum absolute atomic E-state index is 0.00993. The molecule has 8 heteroatoms. The van der Waals surface area contributed by atoms with Gasteiger partial charge in [-0.15, -0.1) is 11.3 Å². The van der Waals surface area contributed by atoms with E-state index in [-0.39, 0.29) is 16.9 Å². The molecule has 20 heavy (non-hydrogen) atoms. The number of hydrogen-bond donors (Lipinski definition) is 1. The molecule has 7 nitrogen and oxygen atoms in total. The summed E-state index contributed by atoms with van der Waals surface area (Å²) in [5.41, 5.74) is 2.57. The van der Waals surface area contributed by atoms with Gasteiger partial charge in [-0.05, 0) is 12.1 Å². The van der Waals surface area contributed by atoms with Crippen molar-refractivity contribution < 1.29 is 14.8 Å². The van der Waals surface area contributed by atoms with Crippen molar-refractivity contribution in [1.29, 1.82) is 0 Å². The third kappa shape index (κ3) is 2.91. The van der Waals surface area contributed by atoms with Gasteiger partial charge in [-0.25, -0.2) is 9.78 Å². The maximum atomic E-state index is 11.0. The number of carbonyl (C=O) groups is 1. The Morgan fingerprint density at radius 2 is 2.30 bits per heavy atom. The van der Waals surface area contributed by atoms with Crippen molar-refractivity contribution in [3.8, 4) is 0 Å². The van der Waals surface area contributed by atoms with Gasteiger partial charge < -0.3 is 10.0 Å². The van der Waals surface area contributed by atoms with E-state index in [1.165, 1.54) is 29.5 Å². The van der Waals surface area contributed by atoms with Crippen LogP contribution in [0, 0.1) is 10.1 Å². The monoisotopic (exact) mass is 293 g/mol. The second-order valence-corrected chi connectivity index (χ2v) is 4.82. The summed E-state index contributed by atoms with van der Waals surface area (Å²) in [4.78, 5) is 27.2. The second-order valence-electron chi connectivity index (χ2n) is 4.10. The van der Waals surface area contributed by atoms with Gasteiger partial charge in [0.2, 0.25) is 0 Å². The SMILES string of the molecule is CN(Cc1cscn1)c1cc(C(=O)O)ccc1[N+](=O)[O-]. The van der Waals surface area contributed by atoms with Gasteiger partial charge in [-0.2, -0.15) is 0 Å². The molecule has 104 valence electrons. The van der Waals surface area contributed by atoms with Gasteiger partial charge in [-0.3, -0.25) is 10.1 Å². The van der Waals surface area contributed by atoms with Crippen LogP contribution in [-0.4, -0.2) is 28.0 Å². The number of rotatable bonds is 5. The average molecular weight is 293 g/mol. The van der Waals surface area contributed by atoms with E-state index in [2.05, 4.69) is 4.98 Å². The molecule has 0 aliphatic rings. The molecule has 0 atom stereocenters. The van der Waals surface area contributed by atoms with E-state index in [1.54, 1.807) is 17.5 Å². The number of aromatic nitrogens is 1. The highest BCUT2D eigenvalue weighted by Gasteiger charge is 2.20. The van der Waals surface area contributed by atoms with E-state index in [0.717, 1.165) is 5.69 Å². The molecule has 0 saturated heterocycles. The molecule has 0 aliphatic carbocycles. The fraction of sp³-hybridized carbons (Fsp3) is 0.167. The Morgan fingerprint density at radius 1 is 1.55 bits per heavy atom. The minimum atomic E-state index is -1.12. The van der Waals surface area contributed by atoms with Crippen molar-refractivity contribution in [2.24, 2.45) is 0 Å². The summed E-state index contributed by atoms with van der Waals surface area (Å²) in [6.07, 6.45) is 0. The van der Waals surface area contributed by atoms with Crippen LogP contribution < -0.4 is 4.90 Å². The van der Waals surface area contributed by atoms with Gasteiger partial charge >= 0.3 is 5.97 Å². The van der Waals surface area contributed by atoms with Crippen molar-refractivity contribution >= 4 is 28.7 Å². The van der Waals surface area contributed by atoms with E-state index >= 15 is 0 Å². The lowest BCUT2D eigenvalue weighted by molar-refractivity contribution is -0.384. The number of aromatic carboxylic acids is 1. The molecule has 0 radical (unpaired) electrons. The molecule has 0 spiro atoms. The van der Waals surface area contributed by atoms with Gasteiger partial charge in [0.05, 0.1) is 28.2 Å². The Morgan fingerprint density at radius 3 is 2.85 bits per heavy atom. The van der Waals surface area contributed by atoms with Crippen LogP contribution in [0.3, 0.4) is 0 Å². The molecular formula is C12H11N3O4S. The van der Waals surface area contributed by atoms with Crippen molar-refractivity contribution in [2.75, 3.05) is 11.9 Å². The lowest BCUT2D eigenvalue weighted by Gasteiger charge is -2.18. The zero-order valence-electron chi connectivity index (χ0n) is 10.5. The summed E-state index contributed by atoms with van der Waals surface area (Å²) in [5, 5.41) is 21.8. The van der Waals surface area contributed by atoms with Crippen LogP contribution in [0.5, 0.6) is 0 Å². The Balaban J connectivity index is 2.38. The van der Waals surface area contributed by atoms with Crippen molar-refractivity contribution in [3.05, 3.63) is 50.5 Å². The van der Waals surface area contributed by atoms with Crippen LogP contribution in [-0.2, 0) is 6.54 Å². The molecule has 1 heterocycles. The minimum Gasteiger partial charge on any atom is -0.478 e.